The topological polar surface area (TPSA) is 27.8 Å². The Kier molecular flexibility index (Phi) is 3.15. The highest BCUT2D eigenvalue weighted by molar-refractivity contribution is 8.07. The molecule has 6 rings (SSSR count). The fraction of sp³-hybridized carbons (Fsp3) is 0.364. The number of nitrogens with zero attached hydrogens (tertiary/aromatic N) is 1. The summed E-state index contributed by atoms with van der Waals surface area (Å²) in [7, 11) is 2.10. The highest BCUT2D eigenvalue weighted by atomic mass is 32.2. The standard InChI is InChI=1S/C22H20N2OS/c1-24-12-18-20(23-16-4-2-3-5-17(16)26-18)19(21-22(24)25-21)15-10-8-14(9-11-15)13-6-7-13/h8-13,21-23H,2,4,6-7H2,1H3. The minimum absolute atomic E-state index is 0.139. The lowest BCUT2D eigenvalue weighted by Crippen LogP contribution is -2.23. The van der Waals surface area contributed by atoms with Gasteiger partial charge in [-0.3, -0.25) is 0 Å². The van der Waals surface area contributed by atoms with Crippen molar-refractivity contribution < 1.29 is 4.74 Å². The summed E-state index contributed by atoms with van der Waals surface area (Å²) in [5.74, 6) is 7.34. The lowest BCUT2D eigenvalue weighted by molar-refractivity contribution is 0.267. The van der Waals surface area contributed by atoms with E-state index in [4.69, 9.17) is 4.74 Å². The summed E-state index contributed by atoms with van der Waals surface area (Å²) >= 11 is 1.81. The van der Waals surface area contributed by atoms with Crippen molar-refractivity contribution in [2.24, 2.45) is 0 Å². The normalized spacial score (nSPS) is 28.8. The van der Waals surface area contributed by atoms with Gasteiger partial charge in [0.15, 0.2) is 6.23 Å². The van der Waals surface area contributed by atoms with Gasteiger partial charge in [-0.05, 0) is 29.9 Å². The quantitative estimate of drug-likeness (QED) is 0.634. The first-order valence-electron chi connectivity index (χ1n) is 9.39. The number of likely N-dealkylation sites (N-methyl/N-ethyl adjacent to an activating group) is 1. The molecule has 3 nitrogen and oxygen atoms in total. The molecule has 0 bridgehead atoms. The molecule has 2 atom stereocenters. The maximum atomic E-state index is 6.04. The van der Waals surface area contributed by atoms with Gasteiger partial charge in [0.25, 0.3) is 0 Å². The van der Waals surface area contributed by atoms with Crippen molar-refractivity contribution in [3.05, 3.63) is 62.8 Å². The van der Waals surface area contributed by atoms with E-state index in [0.29, 0.717) is 0 Å². The smallest absolute Gasteiger partial charge is 0.161 e. The Morgan fingerprint density at radius 3 is 2.88 bits per heavy atom. The molecule has 2 fully saturated rings. The van der Waals surface area contributed by atoms with E-state index in [9.17, 15) is 0 Å². The molecule has 5 aliphatic rings. The lowest BCUT2D eigenvalue weighted by Gasteiger charge is -2.27. The number of thioether (sulfide) groups is 1. The Morgan fingerprint density at radius 2 is 2.08 bits per heavy atom. The predicted molar refractivity (Wildman–Crippen MR) is 105 cm³/mol. The molecule has 3 heterocycles. The Morgan fingerprint density at radius 1 is 1.23 bits per heavy atom. The summed E-state index contributed by atoms with van der Waals surface area (Å²) in [6.07, 6.45) is 7.12. The van der Waals surface area contributed by atoms with E-state index in [1.54, 1.807) is 11.8 Å². The van der Waals surface area contributed by atoms with Crippen LogP contribution >= 0.6 is 11.8 Å². The van der Waals surface area contributed by atoms with Crippen molar-refractivity contribution in [3.8, 4) is 11.8 Å². The van der Waals surface area contributed by atoms with Gasteiger partial charge in [0.1, 0.15) is 6.10 Å². The van der Waals surface area contributed by atoms with E-state index in [-0.39, 0.29) is 12.3 Å². The van der Waals surface area contributed by atoms with Crippen molar-refractivity contribution in [1.29, 1.82) is 0 Å². The van der Waals surface area contributed by atoms with Crippen molar-refractivity contribution >= 4 is 17.3 Å². The Balaban J connectivity index is 1.47. The van der Waals surface area contributed by atoms with E-state index in [0.717, 1.165) is 18.8 Å². The van der Waals surface area contributed by atoms with Crippen molar-refractivity contribution in [2.75, 3.05) is 7.05 Å². The van der Waals surface area contributed by atoms with E-state index >= 15 is 0 Å². The summed E-state index contributed by atoms with van der Waals surface area (Å²) in [6, 6.07) is 9.19. The van der Waals surface area contributed by atoms with Crippen LogP contribution in [-0.2, 0) is 4.74 Å². The molecule has 1 aromatic carbocycles. The number of fused-ring (bicyclic) bond motifs is 2. The minimum atomic E-state index is 0.139. The molecular weight excluding hydrogens is 340 g/mol. The zero-order valence-electron chi connectivity index (χ0n) is 14.7. The van der Waals surface area contributed by atoms with Crippen LogP contribution in [0.4, 0.5) is 0 Å². The molecule has 2 aliphatic carbocycles. The fourth-order valence-electron chi connectivity index (χ4n) is 4.08. The lowest BCUT2D eigenvalue weighted by atomic mass is 9.97. The molecule has 1 saturated heterocycles. The molecule has 2 unspecified atom stereocenters. The SMILES string of the molecule is CN1C=C2SC3=C(CCC#C3)NC2=C(c2ccc(C3CC3)cc2)C2OC21. The maximum absolute atomic E-state index is 6.04. The van der Waals surface area contributed by atoms with Gasteiger partial charge in [-0.2, -0.15) is 0 Å². The first-order chi connectivity index (χ1) is 12.8. The number of epoxide rings is 1. The van der Waals surface area contributed by atoms with Crippen LogP contribution in [0.25, 0.3) is 5.57 Å². The number of ether oxygens (including phenoxy) is 1. The van der Waals surface area contributed by atoms with Crippen LogP contribution in [0, 0.1) is 11.8 Å². The molecule has 26 heavy (non-hydrogen) atoms. The summed E-state index contributed by atoms with van der Waals surface area (Å²) in [4.78, 5) is 4.63. The summed E-state index contributed by atoms with van der Waals surface area (Å²) in [5, 5.41) is 3.73. The Labute approximate surface area is 158 Å². The van der Waals surface area contributed by atoms with E-state index in [2.05, 4.69) is 59.6 Å². The van der Waals surface area contributed by atoms with Gasteiger partial charge in [0, 0.05) is 37.4 Å². The summed E-state index contributed by atoms with van der Waals surface area (Å²) in [5.41, 5.74) is 6.54. The van der Waals surface area contributed by atoms with E-state index in [1.807, 2.05) is 0 Å². The van der Waals surface area contributed by atoms with Gasteiger partial charge >= 0.3 is 0 Å². The highest BCUT2D eigenvalue weighted by Gasteiger charge is 2.48. The van der Waals surface area contributed by atoms with Crippen LogP contribution in [0.5, 0.6) is 0 Å². The number of rotatable bonds is 2. The maximum Gasteiger partial charge on any atom is 0.161 e. The molecule has 0 amide bonds. The van der Waals surface area contributed by atoms with Crippen LogP contribution in [0.15, 0.2) is 51.7 Å². The van der Waals surface area contributed by atoms with E-state index < -0.39 is 0 Å². The summed E-state index contributed by atoms with van der Waals surface area (Å²) in [6.45, 7) is 0. The van der Waals surface area contributed by atoms with Gasteiger partial charge in [0.2, 0.25) is 0 Å². The second-order valence-electron chi connectivity index (χ2n) is 7.63. The molecule has 3 aliphatic heterocycles. The third kappa shape index (κ3) is 2.35. The number of nitrogens with one attached hydrogen (secondary N) is 1. The van der Waals surface area contributed by atoms with E-state index in [1.165, 1.54) is 50.7 Å². The number of hydrogen-bond donors (Lipinski definition) is 1. The zero-order valence-corrected chi connectivity index (χ0v) is 15.5. The molecule has 1 N–H and O–H groups in total. The third-order valence-corrected chi connectivity index (χ3v) is 6.81. The molecule has 0 radical (unpaired) electrons. The predicted octanol–water partition coefficient (Wildman–Crippen LogP) is 4.13. The Hall–Kier alpha value is -2.09. The minimum Gasteiger partial charge on any atom is -0.356 e. The average molecular weight is 360 g/mol. The molecule has 0 aromatic heterocycles. The van der Waals surface area contributed by atoms with Gasteiger partial charge in [-0.25, -0.2) is 0 Å². The number of benzene rings is 1. The first-order valence-corrected chi connectivity index (χ1v) is 10.2. The fourth-order valence-corrected chi connectivity index (χ4v) is 5.18. The third-order valence-electron chi connectivity index (χ3n) is 5.73. The van der Waals surface area contributed by atoms with Gasteiger partial charge < -0.3 is 15.0 Å². The van der Waals surface area contributed by atoms with Crippen LogP contribution in [-0.4, -0.2) is 24.3 Å². The largest absolute Gasteiger partial charge is 0.356 e. The zero-order chi connectivity index (χ0) is 17.3. The monoisotopic (exact) mass is 360 g/mol. The molecular formula is C22H20N2OS. The molecule has 130 valence electrons. The molecule has 1 aromatic rings. The molecule has 4 heteroatoms. The molecule has 1 saturated carbocycles. The second-order valence-corrected chi connectivity index (χ2v) is 8.68. The van der Waals surface area contributed by atoms with Crippen molar-refractivity contribution in [1.82, 2.24) is 10.2 Å². The number of allylic oxidation sites excluding steroid dienone is 2. The second kappa shape index (κ2) is 5.45. The molecule has 0 spiro atoms. The van der Waals surface area contributed by atoms with Crippen LogP contribution in [0.3, 0.4) is 0 Å². The van der Waals surface area contributed by atoms with Crippen LogP contribution < -0.4 is 5.32 Å². The van der Waals surface area contributed by atoms with Crippen LogP contribution in [0.1, 0.15) is 42.7 Å². The van der Waals surface area contributed by atoms with Crippen LogP contribution in [0.2, 0.25) is 0 Å². The average Bonchev–Trinajstić information content (AvgIpc) is 3.55. The van der Waals surface area contributed by atoms with Gasteiger partial charge in [-0.15, -0.1) is 0 Å². The Bertz CT molecular complexity index is 956. The van der Waals surface area contributed by atoms with Gasteiger partial charge in [-0.1, -0.05) is 47.9 Å². The van der Waals surface area contributed by atoms with Crippen molar-refractivity contribution in [2.45, 2.75) is 43.9 Å². The summed E-state index contributed by atoms with van der Waals surface area (Å²) < 4.78 is 6.04. The highest BCUT2D eigenvalue weighted by Crippen LogP contribution is 2.49. The van der Waals surface area contributed by atoms with Gasteiger partial charge in [0.05, 0.1) is 15.5 Å². The van der Waals surface area contributed by atoms with Crippen molar-refractivity contribution in [3.63, 3.8) is 0 Å². The first kappa shape index (κ1) is 15.0. The number of hydrogen-bond acceptors (Lipinski definition) is 4.